The van der Waals surface area contributed by atoms with E-state index < -0.39 is 0 Å². The third-order valence-corrected chi connectivity index (χ3v) is 6.93. The molecular formula is C23H25N3OS. The number of hydrogen-bond acceptors (Lipinski definition) is 4. The molecule has 2 aromatic heterocycles. The normalized spacial score (nSPS) is 17.7. The van der Waals surface area contributed by atoms with E-state index in [0.29, 0.717) is 11.7 Å². The van der Waals surface area contributed by atoms with Crippen LogP contribution in [0.15, 0.2) is 35.7 Å². The van der Waals surface area contributed by atoms with Gasteiger partial charge in [-0.1, -0.05) is 43.5 Å². The molecule has 1 saturated carbocycles. The maximum atomic E-state index is 12.7. The zero-order valence-electron chi connectivity index (χ0n) is 16.0. The number of carbonyl (C=O) groups excluding carboxylic acids is 1. The van der Waals surface area contributed by atoms with Gasteiger partial charge in [0.15, 0.2) is 0 Å². The summed E-state index contributed by atoms with van der Waals surface area (Å²) in [5, 5.41) is 6.48. The first-order chi connectivity index (χ1) is 13.8. The maximum absolute atomic E-state index is 12.7. The van der Waals surface area contributed by atoms with Crippen LogP contribution in [0.25, 0.3) is 10.2 Å². The molecule has 0 spiro atoms. The van der Waals surface area contributed by atoms with Crippen LogP contribution in [0.3, 0.4) is 0 Å². The third kappa shape index (κ3) is 3.55. The van der Waals surface area contributed by atoms with Crippen molar-refractivity contribution in [2.45, 2.75) is 63.3 Å². The molecule has 0 radical (unpaired) electrons. The highest BCUT2D eigenvalue weighted by atomic mass is 32.1. The summed E-state index contributed by atoms with van der Waals surface area (Å²) in [5.74, 6) is 1.21. The van der Waals surface area contributed by atoms with Crippen LogP contribution in [-0.2, 0) is 24.1 Å². The lowest BCUT2D eigenvalue weighted by Gasteiger charge is -2.22. The summed E-state index contributed by atoms with van der Waals surface area (Å²) in [6.07, 6.45) is 8.38. The van der Waals surface area contributed by atoms with Gasteiger partial charge >= 0.3 is 0 Å². The van der Waals surface area contributed by atoms with Gasteiger partial charge in [0.1, 0.15) is 10.7 Å². The highest BCUT2D eigenvalue weighted by Gasteiger charge is 2.24. The molecule has 4 nitrogen and oxygen atoms in total. The summed E-state index contributed by atoms with van der Waals surface area (Å²) in [6, 6.07) is 10.8. The van der Waals surface area contributed by atoms with E-state index >= 15 is 0 Å². The van der Waals surface area contributed by atoms with E-state index in [1.807, 2.05) is 0 Å². The van der Waals surface area contributed by atoms with Crippen molar-refractivity contribution in [3.8, 4) is 0 Å². The first-order valence-electron chi connectivity index (χ1n) is 10.4. The van der Waals surface area contributed by atoms with Crippen LogP contribution in [-0.4, -0.2) is 21.9 Å². The van der Waals surface area contributed by atoms with Crippen LogP contribution in [0.5, 0.6) is 0 Å². The predicted octanol–water partition coefficient (Wildman–Crippen LogP) is 4.57. The average molecular weight is 392 g/mol. The van der Waals surface area contributed by atoms with Crippen LogP contribution in [0.2, 0.25) is 0 Å². The molecule has 1 N–H and O–H groups in total. The quantitative estimate of drug-likeness (QED) is 0.709. The summed E-state index contributed by atoms with van der Waals surface area (Å²) in [7, 11) is 0. The Balaban J connectivity index is 1.31. The number of aromatic nitrogens is 2. The second-order valence-corrected chi connectivity index (χ2v) is 9.01. The molecule has 5 rings (SSSR count). The zero-order chi connectivity index (χ0) is 18.9. The van der Waals surface area contributed by atoms with Crippen molar-refractivity contribution < 1.29 is 4.79 Å². The molecule has 5 heteroatoms. The van der Waals surface area contributed by atoms with Gasteiger partial charge in [-0.2, -0.15) is 0 Å². The standard InChI is InChI=1S/C23H25N3OS/c27-21(24-18-12-16-8-4-5-9-17(16)13-18)14-20-25-22(15-6-2-1-3-7-15)19-10-11-28-23(19)26-20/h4-5,8-11,15,18H,1-3,6-7,12-14H2,(H,24,27). The van der Waals surface area contributed by atoms with Gasteiger partial charge in [0.05, 0.1) is 12.1 Å². The Kier molecular flexibility index (Phi) is 4.85. The van der Waals surface area contributed by atoms with E-state index in [2.05, 4.69) is 41.0 Å². The lowest BCUT2D eigenvalue weighted by molar-refractivity contribution is -0.121. The fourth-order valence-electron chi connectivity index (χ4n) is 4.77. The highest BCUT2D eigenvalue weighted by molar-refractivity contribution is 7.16. The number of fused-ring (bicyclic) bond motifs is 2. The highest BCUT2D eigenvalue weighted by Crippen LogP contribution is 2.36. The molecule has 1 amide bonds. The summed E-state index contributed by atoms with van der Waals surface area (Å²) < 4.78 is 0. The molecule has 2 aliphatic carbocycles. The number of nitrogens with one attached hydrogen (secondary N) is 1. The number of amides is 1. The first-order valence-corrected chi connectivity index (χ1v) is 11.2. The van der Waals surface area contributed by atoms with E-state index in [9.17, 15) is 4.79 Å². The zero-order valence-corrected chi connectivity index (χ0v) is 16.8. The largest absolute Gasteiger partial charge is 0.352 e. The van der Waals surface area contributed by atoms with Crippen molar-refractivity contribution in [2.75, 3.05) is 0 Å². The molecule has 0 atom stereocenters. The fourth-order valence-corrected chi connectivity index (χ4v) is 5.56. The topological polar surface area (TPSA) is 54.9 Å². The molecule has 0 bridgehead atoms. The second kappa shape index (κ2) is 7.63. The van der Waals surface area contributed by atoms with Gasteiger partial charge in [-0.25, -0.2) is 9.97 Å². The van der Waals surface area contributed by atoms with Gasteiger partial charge < -0.3 is 5.32 Å². The number of nitrogens with zero attached hydrogens (tertiary/aromatic N) is 2. The smallest absolute Gasteiger partial charge is 0.227 e. The number of thiophene rings is 1. The Morgan fingerprint density at radius 3 is 2.54 bits per heavy atom. The minimum atomic E-state index is 0.0308. The third-order valence-electron chi connectivity index (χ3n) is 6.13. The van der Waals surface area contributed by atoms with Crippen LogP contribution in [0, 0.1) is 0 Å². The Morgan fingerprint density at radius 2 is 1.79 bits per heavy atom. The molecule has 0 unspecified atom stereocenters. The fraction of sp³-hybridized carbons (Fsp3) is 0.435. The number of carbonyl (C=O) groups is 1. The Bertz CT molecular complexity index is 981. The minimum absolute atomic E-state index is 0.0308. The van der Waals surface area contributed by atoms with E-state index in [1.54, 1.807) is 11.3 Å². The second-order valence-electron chi connectivity index (χ2n) is 8.12. The summed E-state index contributed by atoms with van der Waals surface area (Å²) in [5.41, 5.74) is 3.87. The van der Waals surface area contributed by atoms with E-state index in [-0.39, 0.29) is 18.4 Å². The number of rotatable bonds is 4. The molecule has 28 heavy (non-hydrogen) atoms. The Morgan fingerprint density at radius 1 is 1.04 bits per heavy atom. The summed E-state index contributed by atoms with van der Waals surface area (Å²) in [6.45, 7) is 0. The van der Waals surface area contributed by atoms with Crippen molar-refractivity contribution in [1.82, 2.24) is 15.3 Å². The average Bonchev–Trinajstić information content (AvgIpc) is 3.34. The molecule has 1 aromatic carbocycles. The lowest BCUT2D eigenvalue weighted by Crippen LogP contribution is -2.36. The van der Waals surface area contributed by atoms with Crippen molar-refractivity contribution in [3.63, 3.8) is 0 Å². The first kappa shape index (κ1) is 17.8. The molecule has 2 aliphatic rings. The van der Waals surface area contributed by atoms with Gasteiger partial charge in [0.2, 0.25) is 5.91 Å². The van der Waals surface area contributed by atoms with Gasteiger partial charge in [-0.15, -0.1) is 11.3 Å². The monoisotopic (exact) mass is 391 g/mol. The van der Waals surface area contributed by atoms with Gasteiger partial charge in [0.25, 0.3) is 0 Å². The van der Waals surface area contributed by atoms with Gasteiger partial charge in [-0.05, 0) is 48.3 Å². The predicted molar refractivity (Wildman–Crippen MR) is 113 cm³/mol. The summed E-state index contributed by atoms with van der Waals surface area (Å²) >= 11 is 1.65. The van der Waals surface area contributed by atoms with Crippen LogP contribution < -0.4 is 5.32 Å². The van der Waals surface area contributed by atoms with E-state index in [0.717, 1.165) is 17.7 Å². The van der Waals surface area contributed by atoms with E-state index in [4.69, 9.17) is 9.97 Å². The van der Waals surface area contributed by atoms with Gasteiger partial charge in [-0.3, -0.25) is 4.79 Å². The Hall–Kier alpha value is -2.27. The minimum Gasteiger partial charge on any atom is -0.352 e. The lowest BCUT2D eigenvalue weighted by atomic mass is 9.86. The number of hydrogen-bond donors (Lipinski definition) is 1. The molecule has 144 valence electrons. The van der Waals surface area contributed by atoms with E-state index in [1.165, 1.54) is 54.3 Å². The van der Waals surface area contributed by atoms with Crippen molar-refractivity contribution in [2.24, 2.45) is 0 Å². The van der Waals surface area contributed by atoms with Crippen molar-refractivity contribution in [1.29, 1.82) is 0 Å². The molecule has 2 heterocycles. The Labute approximate surface area is 169 Å². The molecular weight excluding hydrogens is 366 g/mol. The molecule has 1 fully saturated rings. The van der Waals surface area contributed by atoms with Crippen LogP contribution in [0.4, 0.5) is 0 Å². The van der Waals surface area contributed by atoms with Crippen LogP contribution in [0.1, 0.15) is 60.7 Å². The van der Waals surface area contributed by atoms with Gasteiger partial charge in [0, 0.05) is 17.3 Å². The van der Waals surface area contributed by atoms with Crippen molar-refractivity contribution >= 4 is 27.5 Å². The number of benzene rings is 1. The SMILES string of the molecule is O=C(Cc1nc(C2CCCCC2)c2ccsc2n1)NC1Cc2ccccc2C1. The van der Waals surface area contributed by atoms with Crippen molar-refractivity contribution in [3.05, 3.63) is 58.4 Å². The molecule has 0 aliphatic heterocycles. The maximum Gasteiger partial charge on any atom is 0.227 e. The molecule has 0 saturated heterocycles. The molecule has 3 aromatic rings. The summed E-state index contributed by atoms with van der Waals surface area (Å²) in [4.78, 5) is 23.3. The van der Waals surface area contributed by atoms with Crippen LogP contribution >= 0.6 is 11.3 Å².